The molecular weight excluding hydrogens is 283 g/mol. The summed E-state index contributed by atoms with van der Waals surface area (Å²) in [5.74, 6) is -0.526. The Morgan fingerprint density at radius 2 is 1.67 bits per heavy atom. The summed E-state index contributed by atoms with van der Waals surface area (Å²) in [4.78, 5) is 12.2. The maximum Gasteiger partial charge on any atom is 0.401 e. The van der Waals surface area contributed by atoms with Crippen LogP contribution in [-0.2, 0) is 9.53 Å². The van der Waals surface area contributed by atoms with Crippen LogP contribution in [0, 0.1) is 5.41 Å². The fourth-order valence-electron chi connectivity index (χ4n) is 3.82. The zero-order valence-electron chi connectivity index (χ0n) is 12.5. The van der Waals surface area contributed by atoms with Crippen LogP contribution < -0.4 is 5.32 Å². The molecule has 3 nitrogen and oxygen atoms in total. The second kappa shape index (κ2) is 6.15. The number of halogens is 3. The fraction of sp³-hybridized carbons (Fsp3) is 0.933. The lowest BCUT2D eigenvalue weighted by atomic mass is 9.66. The van der Waals surface area contributed by atoms with Crippen molar-refractivity contribution in [1.29, 1.82) is 0 Å². The van der Waals surface area contributed by atoms with Gasteiger partial charge in [0, 0.05) is 0 Å². The predicted octanol–water partition coefficient (Wildman–Crippen LogP) is 3.57. The van der Waals surface area contributed by atoms with Crippen molar-refractivity contribution in [2.24, 2.45) is 5.41 Å². The SMILES string of the molecule is CCOC(=O)C1(NCC(F)(F)F)CCC2(CCCC2)CC1. The Labute approximate surface area is 123 Å². The Morgan fingerprint density at radius 1 is 1.10 bits per heavy atom. The standard InChI is InChI=1S/C15H24F3NO2/c1-2-21-12(20)14(19-11-15(16,17)18)9-7-13(8-10-14)5-3-4-6-13/h19H,2-11H2,1H3. The van der Waals surface area contributed by atoms with Gasteiger partial charge in [-0.25, -0.2) is 0 Å². The summed E-state index contributed by atoms with van der Waals surface area (Å²) < 4.78 is 42.6. The van der Waals surface area contributed by atoms with E-state index in [9.17, 15) is 18.0 Å². The minimum absolute atomic E-state index is 0.194. The van der Waals surface area contributed by atoms with Crippen LogP contribution in [0.15, 0.2) is 0 Å². The van der Waals surface area contributed by atoms with E-state index in [-0.39, 0.29) is 12.0 Å². The molecule has 2 aliphatic carbocycles. The van der Waals surface area contributed by atoms with Crippen LogP contribution in [0.5, 0.6) is 0 Å². The number of esters is 1. The molecule has 0 saturated heterocycles. The first-order chi connectivity index (χ1) is 9.81. The molecule has 1 spiro atoms. The van der Waals surface area contributed by atoms with Gasteiger partial charge >= 0.3 is 12.1 Å². The number of carbonyl (C=O) groups is 1. The monoisotopic (exact) mass is 307 g/mol. The normalized spacial score (nSPS) is 24.2. The van der Waals surface area contributed by atoms with Crippen molar-refractivity contribution in [1.82, 2.24) is 5.32 Å². The quantitative estimate of drug-likeness (QED) is 0.807. The zero-order valence-corrected chi connectivity index (χ0v) is 12.5. The van der Waals surface area contributed by atoms with Crippen molar-refractivity contribution in [3.8, 4) is 0 Å². The van der Waals surface area contributed by atoms with Gasteiger partial charge in [0.1, 0.15) is 5.54 Å². The molecule has 0 aliphatic heterocycles. The lowest BCUT2D eigenvalue weighted by molar-refractivity contribution is -0.159. The van der Waals surface area contributed by atoms with Crippen molar-refractivity contribution in [3.05, 3.63) is 0 Å². The second-order valence-corrected chi connectivity index (χ2v) is 6.48. The van der Waals surface area contributed by atoms with Gasteiger partial charge in [0.2, 0.25) is 0 Å². The lowest BCUT2D eigenvalue weighted by Crippen LogP contribution is -2.58. The number of carbonyl (C=O) groups excluding carboxylic acids is 1. The highest BCUT2D eigenvalue weighted by atomic mass is 19.4. The minimum atomic E-state index is -4.32. The first-order valence-corrected chi connectivity index (χ1v) is 7.80. The van der Waals surface area contributed by atoms with Crippen LogP contribution >= 0.6 is 0 Å². The predicted molar refractivity (Wildman–Crippen MR) is 72.8 cm³/mol. The van der Waals surface area contributed by atoms with E-state index in [1.165, 1.54) is 12.8 Å². The molecule has 122 valence electrons. The van der Waals surface area contributed by atoms with Crippen molar-refractivity contribution in [3.63, 3.8) is 0 Å². The molecule has 2 fully saturated rings. The number of alkyl halides is 3. The third-order valence-corrected chi connectivity index (χ3v) is 5.12. The summed E-state index contributed by atoms with van der Waals surface area (Å²) in [6, 6.07) is 0. The van der Waals surface area contributed by atoms with Gasteiger partial charge in [0.15, 0.2) is 0 Å². The molecule has 0 amide bonds. The van der Waals surface area contributed by atoms with E-state index in [1.807, 2.05) is 0 Å². The molecule has 0 atom stereocenters. The number of ether oxygens (including phenoxy) is 1. The van der Waals surface area contributed by atoms with Gasteiger partial charge in [-0.2, -0.15) is 13.2 Å². The van der Waals surface area contributed by atoms with Gasteiger partial charge in [-0.1, -0.05) is 12.8 Å². The molecule has 1 N–H and O–H groups in total. The molecule has 6 heteroatoms. The lowest BCUT2D eigenvalue weighted by Gasteiger charge is -2.44. The van der Waals surface area contributed by atoms with Crippen LogP contribution in [0.1, 0.15) is 58.3 Å². The molecule has 0 aromatic heterocycles. The summed E-state index contributed by atoms with van der Waals surface area (Å²) in [5.41, 5.74) is -0.894. The van der Waals surface area contributed by atoms with E-state index in [0.29, 0.717) is 12.8 Å². The largest absolute Gasteiger partial charge is 0.465 e. The summed E-state index contributed by atoms with van der Waals surface area (Å²) in [6.07, 6.45) is 2.89. The highest BCUT2D eigenvalue weighted by molar-refractivity contribution is 5.81. The average molecular weight is 307 g/mol. The number of rotatable bonds is 4. The van der Waals surface area contributed by atoms with E-state index in [4.69, 9.17) is 4.74 Å². The van der Waals surface area contributed by atoms with Gasteiger partial charge in [-0.05, 0) is 50.9 Å². The molecule has 0 aromatic rings. The van der Waals surface area contributed by atoms with Crippen LogP contribution in [0.3, 0.4) is 0 Å². The van der Waals surface area contributed by atoms with E-state index in [0.717, 1.165) is 25.7 Å². The topological polar surface area (TPSA) is 38.3 Å². The highest BCUT2D eigenvalue weighted by Crippen LogP contribution is 2.51. The number of hydrogen-bond acceptors (Lipinski definition) is 3. The Morgan fingerprint density at radius 3 is 2.14 bits per heavy atom. The molecule has 2 aliphatic rings. The molecule has 0 bridgehead atoms. The van der Waals surface area contributed by atoms with E-state index in [1.54, 1.807) is 6.92 Å². The van der Waals surface area contributed by atoms with Gasteiger partial charge in [-0.3, -0.25) is 10.1 Å². The van der Waals surface area contributed by atoms with Gasteiger partial charge in [0.05, 0.1) is 13.2 Å². The van der Waals surface area contributed by atoms with E-state index < -0.39 is 24.2 Å². The van der Waals surface area contributed by atoms with Crippen LogP contribution in [0.25, 0.3) is 0 Å². The molecule has 21 heavy (non-hydrogen) atoms. The second-order valence-electron chi connectivity index (χ2n) is 6.48. The average Bonchev–Trinajstić information content (AvgIpc) is 2.87. The molecule has 2 rings (SSSR count). The fourth-order valence-corrected chi connectivity index (χ4v) is 3.82. The summed E-state index contributed by atoms with van der Waals surface area (Å²) in [6.45, 7) is 0.731. The Bertz CT molecular complexity index is 366. The molecule has 0 heterocycles. The third kappa shape index (κ3) is 3.90. The first-order valence-electron chi connectivity index (χ1n) is 7.80. The molecule has 0 aromatic carbocycles. The van der Waals surface area contributed by atoms with Gasteiger partial charge in [-0.15, -0.1) is 0 Å². The smallest absolute Gasteiger partial charge is 0.401 e. The van der Waals surface area contributed by atoms with Crippen LogP contribution in [0.2, 0.25) is 0 Å². The van der Waals surface area contributed by atoms with Crippen LogP contribution in [0.4, 0.5) is 13.2 Å². The van der Waals surface area contributed by atoms with Crippen LogP contribution in [-0.4, -0.2) is 30.8 Å². The van der Waals surface area contributed by atoms with E-state index in [2.05, 4.69) is 5.32 Å². The first kappa shape index (κ1) is 16.6. The number of hydrogen-bond donors (Lipinski definition) is 1. The Hall–Kier alpha value is -0.780. The maximum atomic E-state index is 12.5. The summed E-state index contributed by atoms with van der Waals surface area (Å²) >= 11 is 0. The van der Waals surface area contributed by atoms with Crippen molar-refractivity contribution >= 4 is 5.97 Å². The maximum absolute atomic E-state index is 12.5. The Kier molecular flexibility index (Phi) is 4.85. The van der Waals surface area contributed by atoms with Crippen molar-refractivity contribution in [2.75, 3.05) is 13.2 Å². The zero-order chi connectivity index (χ0) is 15.6. The molecule has 0 unspecified atom stereocenters. The van der Waals surface area contributed by atoms with Crippen molar-refractivity contribution < 1.29 is 22.7 Å². The Balaban J connectivity index is 2.05. The van der Waals surface area contributed by atoms with Gasteiger partial charge < -0.3 is 4.74 Å². The van der Waals surface area contributed by atoms with Crippen molar-refractivity contribution in [2.45, 2.75) is 70.0 Å². The van der Waals surface area contributed by atoms with E-state index >= 15 is 0 Å². The third-order valence-electron chi connectivity index (χ3n) is 5.12. The number of nitrogens with one attached hydrogen (secondary N) is 1. The molecular formula is C15H24F3NO2. The van der Waals surface area contributed by atoms with Gasteiger partial charge in [0.25, 0.3) is 0 Å². The summed E-state index contributed by atoms with van der Waals surface area (Å²) in [5, 5.41) is 2.47. The highest BCUT2D eigenvalue weighted by Gasteiger charge is 2.49. The molecule has 0 radical (unpaired) electrons. The summed E-state index contributed by atoms with van der Waals surface area (Å²) in [7, 11) is 0. The molecule has 2 saturated carbocycles. The minimum Gasteiger partial charge on any atom is -0.465 e.